The molecule has 0 spiro atoms. The molecule has 0 aliphatic carbocycles. The number of allylic oxidation sites excluding steroid dienone is 4. The monoisotopic (exact) mass is 165 g/mol. The Bertz CT molecular complexity index is 197. The van der Waals surface area contributed by atoms with Gasteiger partial charge in [-0.15, -0.1) is 0 Å². The molecule has 0 aliphatic heterocycles. The minimum absolute atomic E-state index is 0.619. The molecule has 0 rings (SSSR count). The molecule has 12 heavy (non-hydrogen) atoms. The van der Waals surface area contributed by atoms with Gasteiger partial charge in [0.15, 0.2) is 0 Å². The third kappa shape index (κ3) is 6.87. The van der Waals surface area contributed by atoms with E-state index >= 15 is 0 Å². The van der Waals surface area contributed by atoms with Crippen LogP contribution >= 0.6 is 0 Å². The smallest absolute Gasteiger partial charge is 0.0313 e. The van der Waals surface area contributed by atoms with Gasteiger partial charge in [0, 0.05) is 5.70 Å². The Morgan fingerprint density at radius 2 is 1.67 bits per heavy atom. The second-order valence-corrected chi connectivity index (χ2v) is 2.15. The fourth-order valence-electron chi connectivity index (χ4n) is 0.383. The van der Waals surface area contributed by atoms with E-state index in [1.54, 1.807) is 12.2 Å². The van der Waals surface area contributed by atoms with E-state index in [-0.39, 0.29) is 0 Å². The van der Waals surface area contributed by atoms with Gasteiger partial charge in [-0.2, -0.15) is 0 Å². The van der Waals surface area contributed by atoms with Crippen LogP contribution in [0.25, 0.3) is 0 Å². The summed E-state index contributed by atoms with van der Waals surface area (Å²) in [6.07, 6.45) is 3.32. The molecule has 2 N–H and O–H groups in total. The van der Waals surface area contributed by atoms with Gasteiger partial charge in [0.1, 0.15) is 0 Å². The molecule has 68 valence electrons. The van der Waals surface area contributed by atoms with Crippen molar-refractivity contribution in [2.75, 3.05) is 0 Å². The van der Waals surface area contributed by atoms with Crippen molar-refractivity contribution in [1.29, 1.82) is 0 Å². The zero-order chi connectivity index (χ0) is 10.1. The quantitative estimate of drug-likeness (QED) is 0.639. The second kappa shape index (κ2) is 7.86. The summed E-state index contributed by atoms with van der Waals surface area (Å²) in [4.78, 5) is 0. The SMILES string of the molecule is C=C/C(N)=C\C(=C)C(=C)C.CC. The molecule has 0 atom stereocenters. The maximum Gasteiger partial charge on any atom is 0.0313 e. The first-order chi connectivity index (χ1) is 5.57. The molecular formula is C11H19N. The average molecular weight is 165 g/mol. The van der Waals surface area contributed by atoms with Crippen LogP contribution < -0.4 is 5.73 Å². The summed E-state index contributed by atoms with van der Waals surface area (Å²) in [5.74, 6) is 0. The van der Waals surface area contributed by atoms with Gasteiger partial charge in [-0.3, -0.25) is 0 Å². The summed E-state index contributed by atoms with van der Waals surface area (Å²) in [5.41, 5.74) is 7.84. The van der Waals surface area contributed by atoms with Crippen LogP contribution in [-0.4, -0.2) is 0 Å². The van der Waals surface area contributed by atoms with E-state index in [0.717, 1.165) is 11.1 Å². The Morgan fingerprint density at radius 3 is 1.92 bits per heavy atom. The zero-order valence-corrected chi connectivity index (χ0v) is 8.35. The molecule has 1 nitrogen and oxygen atoms in total. The lowest BCUT2D eigenvalue weighted by Crippen LogP contribution is -1.92. The van der Waals surface area contributed by atoms with E-state index in [0.29, 0.717) is 5.70 Å². The molecule has 0 heterocycles. The third-order valence-corrected chi connectivity index (χ3v) is 1.12. The van der Waals surface area contributed by atoms with Gasteiger partial charge < -0.3 is 5.73 Å². The van der Waals surface area contributed by atoms with Crippen molar-refractivity contribution in [2.45, 2.75) is 20.8 Å². The van der Waals surface area contributed by atoms with Gasteiger partial charge in [-0.1, -0.05) is 39.2 Å². The van der Waals surface area contributed by atoms with Gasteiger partial charge in [-0.25, -0.2) is 0 Å². The van der Waals surface area contributed by atoms with Gasteiger partial charge in [-0.05, 0) is 24.6 Å². The van der Waals surface area contributed by atoms with Crippen molar-refractivity contribution < 1.29 is 0 Å². The molecule has 0 saturated heterocycles. The molecule has 0 radical (unpaired) electrons. The van der Waals surface area contributed by atoms with Gasteiger partial charge in [0.2, 0.25) is 0 Å². The predicted octanol–water partition coefficient (Wildman–Crippen LogP) is 3.17. The molecule has 0 aromatic carbocycles. The molecule has 0 unspecified atom stereocenters. The Kier molecular flexibility index (Phi) is 8.75. The first-order valence-corrected chi connectivity index (χ1v) is 4.02. The average Bonchev–Trinajstić information content (AvgIpc) is 2.07. The molecule has 0 bridgehead atoms. The Labute approximate surface area is 76.0 Å². The summed E-state index contributed by atoms with van der Waals surface area (Å²) in [6.45, 7) is 16.8. The Morgan fingerprint density at radius 1 is 1.25 bits per heavy atom. The van der Waals surface area contributed by atoms with Crippen molar-refractivity contribution in [1.82, 2.24) is 0 Å². The minimum atomic E-state index is 0.619. The van der Waals surface area contributed by atoms with E-state index in [1.807, 2.05) is 20.8 Å². The highest BCUT2D eigenvalue weighted by atomic mass is 14.5. The topological polar surface area (TPSA) is 26.0 Å². The molecular weight excluding hydrogens is 146 g/mol. The molecule has 0 fully saturated rings. The largest absolute Gasteiger partial charge is 0.399 e. The van der Waals surface area contributed by atoms with Crippen LogP contribution in [0, 0.1) is 0 Å². The normalized spacial score (nSPS) is 9.42. The lowest BCUT2D eigenvalue weighted by atomic mass is 10.1. The Balaban J connectivity index is 0. The van der Waals surface area contributed by atoms with Gasteiger partial charge in [0.05, 0.1) is 0 Å². The van der Waals surface area contributed by atoms with Crippen LogP contribution in [0.1, 0.15) is 20.8 Å². The summed E-state index contributed by atoms with van der Waals surface area (Å²) >= 11 is 0. The molecule has 0 aromatic heterocycles. The molecule has 0 aliphatic rings. The zero-order valence-electron chi connectivity index (χ0n) is 8.35. The highest BCUT2D eigenvalue weighted by Crippen LogP contribution is 2.06. The van der Waals surface area contributed by atoms with Gasteiger partial charge in [0.25, 0.3) is 0 Å². The van der Waals surface area contributed by atoms with Gasteiger partial charge >= 0.3 is 0 Å². The summed E-state index contributed by atoms with van der Waals surface area (Å²) in [5, 5.41) is 0. The van der Waals surface area contributed by atoms with Crippen molar-refractivity contribution in [3.8, 4) is 0 Å². The van der Waals surface area contributed by atoms with Crippen molar-refractivity contribution in [3.63, 3.8) is 0 Å². The number of rotatable bonds is 3. The lowest BCUT2D eigenvalue weighted by molar-refractivity contribution is 1.38. The number of hydrogen-bond acceptors (Lipinski definition) is 1. The van der Waals surface area contributed by atoms with E-state index in [9.17, 15) is 0 Å². The van der Waals surface area contributed by atoms with Crippen molar-refractivity contribution in [3.05, 3.63) is 48.7 Å². The summed E-state index contributed by atoms with van der Waals surface area (Å²) in [7, 11) is 0. The van der Waals surface area contributed by atoms with Crippen LogP contribution in [0.4, 0.5) is 0 Å². The van der Waals surface area contributed by atoms with Crippen LogP contribution in [-0.2, 0) is 0 Å². The Hall–Kier alpha value is -1.24. The number of nitrogens with two attached hydrogens (primary N) is 1. The molecule has 0 aromatic rings. The predicted molar refractivity (Wildman–Crippen MR) is 57.8 cm³/mol. The highest BCUT2D eigenvalue weighted by Gasteiger charge is 1.88. The first kappa shape index (κ1) is 13.4. The number of hydrogen-bond donors (Lipinski definition) is 1. The molecule has 1 heteroatoms. The third-order valence-electron chi connectivity index (χ3n) is 1.12. The maximum absolute atomic E-state index is 5.45. The van der Waals surface area contributed by atoms with E-state index < -0.39 is 0 Å². The minimum Gasteiger partial charge on any atom is -0.399 e. The lowest BCUT2D eigenvalue weighted by Gasteiger charge is -1.97. The van der Waals surface area contributed by atoms with Crippen molar-refractivity contribution in [2.24, 2.45) is 5.73 Å². The highest BCUT2D eigenvalue weighted by molar-refractivity contribution is 5.37. The second-order valence-electron chi connectivity index (χ2n) is 2.15. The van der Waals surface area contributed by atoms with Crippen LogP contribution in [0.2, 0.25) is 0 Å². The summed E-state index contributed by atoms with van der Waals surface area (Å²) < 4.78 is 0. The van der Waals surface area contributed by atoms with Crippen molar-refractivity contribution >= 4 is 0 Å². The first-order valence-electron chi connectivity index (χ1n) is 4.02. The van der Waals surface area contributed by atoms with Crippen LogP contribution in [0.15, 0.2) is 48.7 Å². The fourth-order valence-corrected chi connectivity index (χ4v) is 0.383. The van der Waals surface area contributed by atoms with Crippen LogP contribution in [0.3, 0.4) is 0 Å². The standard InChI is InChI=1S/C9H13N.C2H6/c1-5-9(10)6-8(4)7(2)3;1-2/h5-6H,1-2,4,10H2,3H3;1-2H3/b9-6+;. The fraction of sp³-hybridized carbons (Fsp3) is 0.273. The van der Waals surface area contributed by atoms with E-state index in [4.69, 9.17) is 5.73 Å². The molecule has 0 amide bonds. The summed E-state index contributed by atoms with van der Waals surface area (Å²) in [6, 6.07) is 0. The maximum atomic E-state index is 5.45. The van der Waals surface area contributed by atoms with E-state index in [2.05, 4.69) is 19.7 Å². The molecule has 0 saturated carbocycles. The van der Waals surface area contributed by atoms with Crippen LogP contribution in [0.5, 0.6) is 0 Å². The van der Waals surface area contributed by atoms with E-state index in [1.165, 1.54) is 0 Å².